The first kappa shape index (κ1) is 14.0. The van der Waals surface area contributed by atoms with Gasteiger partial charge in [-0.25, -0.2) is 4.39 Å². The topological polar surface area (TPSA) is 42.3 Å². The van der Waals surface area contributed by atoms with Crippen LogP contribution in [0.5, 0.6) is 0 Å². The Morgan fingerprint density at radius 2 is 1.95 bits per heavy atom. The molecule has 0 N–H and O–H groups in total. The van der Waals surface area contributed by atoms with Crippen molar-refractivity contribution < 1.29 is 9.18 Å². The van der Waals surface area contributed by atoms with Gasteiger partial charge in [0.1, 0.15) is 5.82 Å². The van der Waals surface area contributed by atoms with Crippen LogP contribution in [0.25, 0.3) is 0 Å². The lowest BCUT2D eigenvalue weighted by Gasteiger charge is -2.18. The van der Waals surface area contributed by atoms with Gasteiger partial charge < -0.3 is 9.47 Å². The first-order valence-electron chi connectivity index (χ1n) is 6.14. The summed E-state index contributed by atoms with van der Waals surface area (Å²) < 4.78 is 14.9. The number of aromatic nitrogens is 1. The van der Waals surface area contributed by atoms with Crippen molar-refractivity contribution in [1.29, 1.82) is 0 Å². The normalized spacial score (nSPS) is 10.3. The average Bonchev–Trinajstić information content (AvgIpc) is 2.43. The van der Waals surface area contributed by atoms with E-state index in [0.29, 0.717) is 11.1 Å². The Hall–Kier alpha value is -2.43. The molecule has 5 heteroatoms. The minimum absolute atomic E-state index is 0.175. The van der Waals surface area contributed by atoms with Crippen LogP contribution < -0.4 is 5.56 Å². The van der Waals surface area contributed by atoms with Gasteiger partial charge >= 0.3 is 0 Å². The second-order valence-electron chi connectivity index (χ2n) is 4.62. The molecule has 0 radical (unpaired) electrons. The van der Waals surface area contributed by atoms with Crippen molar-refractivity contribution in [2.75, 3.05) is 7.05 Å². The lowest BCUT2D eigenvalue weighted by atomic mass is 10.2. The summed E-state index contributed by atoms with van der Waals surface area (Å²) >= 11 is 0. The number of amides is 1. The van der Waals surface area contributed by atoms with E-state index < -0.39 is 0 Å². The van der Waals surface area contributed by atoms with Crippen molar-refractivity contribution >= 4 is 5.91 Å². The molecule has 0 atom stereocenters. The molecule has 4 nitrogen and oxygen atoms in total. The molecule has 1 aromatic heterocycles. The summed E-state index contributed by atoms with van der Waals surface area (Å²) in [5.41, 5.74) is 0.664. The molecule has 20 heavy (non-hydrogen) atoms. The van der Waals surface area contributed by atoms with E-state index in [1.54, 1.807) is 32.3 Å². The summed E-state index contributed by atoms with van der Waals surface area (Å²) in [6.45, 7) is 0.175. The molecule has 0 aliphatic heterocycles. The summed E-state index contributed by atoms with van der Waals surface area (Å²) in [7, 11) is 3.18. The minimum Gasteiger partial charge on any atom is -0.337 e. The Morgan fingerprint density at radius 3 is 2.60 bits per heavy atom. The van der Waals surface area contributed by atoms with Crippen LogP contribution in [0.4, 0.5) is 4.39 Å². The van der Waals surface area contributed by atoms with E-state index in [4.69, 9.17) is 0 Å². The van der Waals surface area contributed by atoms with Crippen LogP contribution in [0.2, 0.25) is 0 Å². The molecule has 0 saturated carbocycles. The van der Waals surface area contributed by atoms with Crippen LogP contribution in [0.15, 0.2) is 47.4 Å². The Labute approximate surface area is 116 Å². The van der Waals surface area contributed by atoms with E-state index in [1.807, 2.05) is 0 Å². The Balaban J connectivity index is 2.18. The molecular weight excluding hydrogens is 259 g/mol. The molecule has 0 saturated heterocycles. The number of pyridine rings is 1. The molecule has 0 bridgehead atoms. The van der Waals surface area contributed by atoms with Crippen LogP contribution >= 0.6 is 0 Å². The van der Waals surface area contributed by atoms with Crippen LogP contribution in [0, 0.1) is 5.82 Å². The van der Waals surface area contributed by atoms with E-state index in [1.165, 1.54) is 33.9 Å². The summed E-state index contributed by atoms with van der Waals surface area (Å²) in [6, 6.07) is 9.14. The van der Waals surface area contributed by atoms with E-state index in [9.17, 15) is 14.0 Å². The van der Waals surface area contributed by atoms with Gasteiger partial charge in [-0.2, -0.15) is 0 Å². The van der Waals surface area contributed by atoms with Crippen molar-refractivity contribution in [3.8, 4) is 0 Å². The lowest BCUT2D eigenvalue weighted by molar-refractivity contribution is 0.0783. The molecule has 2 rings (SSSR count). The SMILES string of the molecule is CN(Cc1ccccc1F)C(=O)c1ccc(=O)n(C)c1. The summed E-state index contributed by atoms with van der Waals surface area (Å²) in [5.74, 6) is -0.600. The fourth-order valence-corrected chi connectivity index (χ4v) is 1.89. The van der Waals surface area contributed by atoms with Gasteiger partial charge in [-0.05, 0) is 12.1 Å². The molecule has 0 unspecified atom stereocenters. The number of halogens is 1. The number of carbonyl (C=O) groups excluding carboxylic acids is 1. The van der Waals surface area contributed by atoms with Gasteiger partial charge in [-0.3, -0.25) is 9.59 Å². The van der Waals surface area contributed by atoms with E-state index in [2.05, 4.69) is 0 Å². The smallest absolute Gasteiger partial charge is 0.255 e. The Morgan fingerprint density at radius 1 is 1.25 bits per heavy atom. The number of hydrogen-bond donors (Lipinski definition) is 0. The molecule has 1 heterocycles. The van der Waals surface area contributed by atoms with E-state index in [-0.39, 0.29) is 23.8 Å². The maximum absolute atomic E-state index is 13.5. The van der Waals surface area contributed by atoms with Gasteiger partial charge in [0.05, 0.1) is 5.56 Å². The van der Waals surface area contributed by atoms with Gasteiger partial charge in [0.25, 0.3) is 5.91 Å². The van der Waals surface area contributed by atoms with E-state index in [0.717, 1.165) is 0 Å². The quantitative estimate of drug-likeness (QED) is 0.856. The molecule has 2 aromatic rings. The number of benzene rings is 1. The largest absolute Gasteiger partial charge is 0.337 e. The van der Waals surface area contributed by atoms with Crippen molar-refractivity contribution in [2.45, 2.75) is 6.54 Å². The first-order valence-corrected chi connectivity index (χ1v) is 6.14. The molecule has 0 aliphatic rings. The predicted molar refractivity (Wildman–Crippen MR) is 73.9 cm³/mol. The summed E-state index contributed by atoms with van der Waals surface area (Å²) in [4.78, 5) is 24.9. The van der Waals surface area contributed by atoms with Crippen molar-refractivity contribution in [1.82, 2.24) is 9.47 Å². The second-order valence-corrected chi connectivity index (χ2v) is 4.62. The zero-order valence-electron chi connectivity index (χ0n) is 11.3. The molecular formula is C15H15FN2O2. The predicted octanol–water partition coefficient (Wildman–Crippen LogP) is 1.80. The van der Waals surface area contributed by atoms with Crippen molar-refractivity contribution in [3.63, 3.8) is 0 Å². The van der Waals surface area contributed by atoms with Gasteiger partial charge in [-0.1, -0.05) is 18.2 Å². The summed E-state index contributed by atoms with van der Waals surface area (Å²) in [6.07, 6.45) is 1.47. The number of hydrogen-bond acceptors (Lipinski definition) is 2. The van der Waals surface area contributed by atoms with Crippen LogP contribution in [0.1, 0.15) is 15.9 Å². The highest BCUT2D eigenvalue weighted by Crippen LogP contribution is 2.11. The molecule has 104 valence electrons. The lowest BCUT2D eigenvalue weighted by Crippen LogP contribution is -2.28. The fourth-order valence-electron chi connectivity index (χ4n) is 1.89. The van der Waals surface area contributed by atoms with Gasteiger partial charge in [0, 0.05) is 38.5 Å². The molecule has 0 spiro atoms. The van der Waals surface area contributed by atoms with Crippen LogP contribution in [-0.2, 0) is 13.6 Å². The zero-order chi connectivity index (χ0) is 14.7. The third-order valence-corrected chi connectivity index (χ3v) is 3.04. The van der Waals surface area contributed by atoms with Crippen molar-refractivity contribution in [2.24, 2.45) is 7.05 Å². The summed E-state index contributed by atoms with van der Waals surface area (Å²) in [5, 5.41) is 0. The zero-order valence-corrected chi connectivity index (χ0v) is 11.3. The fraction of sp³-hybridized carbons (Fsp3) is 0.200. The highest BCUT2D eigenvalue weighted by atomic mass is 19.1. The standard InChI is InChI=1S/C15H15FN2O2/c1-17-10-12(7-8-14(17)19)15(20)18(2)9-11-5-3-4-6-13(11)16/h3-8,10H,9H2,1-2H3. The molecule has 0 fully saturated rings. The van der Waals surface area contributed by atoms with Crippen LogP contribution in [0.3, 0.4) is 0 Å². The van der Waals surface area contributed by atoms with Crippen LogP contribution in [-0.4, -0.2) is 22.4 Å². The Bertz CT molecular complexity index is 694. The number of rotatable bonds is 3. The number of carbonyl (C=O) groups is 1. The monoisotopic (exact) mass is 274 g/mol. The average molecular weight is 274 g/mol. The minimum atomic E-state index is -0.340. The third kappa shape index (κ3) is 2.93. The highest BCUT2D eigenvalue weighted by Gasteiger charge is 2.14. The third-order valence-electron chi connectivity index (χ3n) is 3.04. The van der Waals surface area contributed by atoms with E-state index >= 15 is 0 Å². The second kappa shape index (κ2) is 5.69. The van der Waals surface area contributed by atoms with Gasteiger partial charge in [0.2, 0.25) is 5.56 Å². The molecule has 0 aliphatic carbocycles. The van der Waals surface area contributed by atoms with Gasteiger partial charge in [0.15, 0.2) is 0 Å². The number of nitrogens with zero attached hydrogens (tertiary/aromatic N) is 2. The molecule has 1 aromatic carbocycles. The Kier molecular flexibility index (Phi) is 3.98. The van der Waals surface area contributed by atoms with Crippen molar-refractivity contribution in [3.05, 3.63) is 69.9 Å². The van der Waals surface area contributed by atoms with Gasteiger partial charge in [-0.15, -0.1) is 0 Å². The first-order chi connectivity index (χ1) is 9.49. The number of aryl methyl sites for hydroxylation is 1. The highest BCUT2D eigenvalue weighted by molar-refractivity contribution is 5.93. The maximum Gasteiger partial charge on any atom is 0.255 e. The maximum atomic E-state index is 13.5. The molecule has 1 amide bonds.